The molecular formula is C21H24ClN3O6S. The van der Waals surface area contributed by atoms with Crippen LogP contribution in [-0.2, 0) is 14.8 Å². The van der Waals surface area contributed by atoms with Crippen LogP contribution >= 0.6 is 11.6 Å². The lowest BCUT2D eigenvalue weighted by molar-refractivity contribution is -0.384. The Morgan fingerprint density at radius 2 is 2.06 bits per heavy atom. The molecule has 1 aliphatic rings. The van der Waals surface area contributed by atoms with Crippen molar-refractivity contribution in [2.24, 2.45) is 5.92 Å². The number of nitrogens with zero attached hydrogens (tertiary/aromatic N) is 2. The van der Waals surface area contributed by atoms with Crippen LogP contribution in [0.25, 0.3) is 0 Å². The molecule has 172 valence electrons. The van der Waals surface area contributed by atoms with Gasteiger partial charge in [0.05, 0.1) is 33.1 Å². The van der Waals surface area contributed by atoms with Crippen molar-refractivity contribution >= 4 is 38.9 Å². The van der Waals surface area contributed by atoms with Gasteiger partial charge in [-0.25, -0.2) is 8.42 Å². The van der Waals surface area contributed by atoms with E-state index in [4.69, 9.17) is 16.3 Å². The molecule has 0 unspecified atom stereocenters. The Bertz CT molecular complexity index is 1140. The van der Waals surface area contributed by atoms with Gasteiger partial charge in [0.25, 0.3) is 5.69 Å². The molecule has 0 saturated carbocycles. The predicted molar refractivity (Wildman–Crippen MR) is 121 cm³/mol. The van der Waals surface area contributed by atoms with Gasteiger partial charge in [-0.2, -0.15) is 4.31 Å². The van der Waals surface area contributed by atoms with Crippen LogP contribution in [-0.4, -0.2) is 43.2 Å². The zero-order valence-corrected chi connectivity index (χ0v) is 19.3. The Kier molecular flexibility index (Phi) is 7.37. The molecule has 1 aliphatic heterocycles. The highest BCUT2D eigenvalue weighted by Crippen LogP contribution is 2.31. The maximum Gasteiger partial charge on any atom is 0.271 e. The zero-order chi connectivity index (χ0) is 23.5. The lowest BCUT2D eigenvalue weighted by atomic mass is 9.98. The van der Waals surface area contributed by atoms with E-state index in [9.17, 15) is 23.3 Å². The van der Waals surface area contributed by atoms with Crippen molar-refractivity contribution in [2.75, 3.05) is 25.0 Å². The van der Waals surface area contributed by atoms with E-state index in [-0.39, 0.29) is 34.6 Å². The molecule has 0 spiro atoms. The lowest BCUT2D eigenvalue weighted by Crippen LogP contribution is -2.43. The molecule has 0 aliphatic carbocycles. The topological polar surface area (TPSA) is 119 Å². The number of sulfonamides is 1. The van der Waals surface area contributed by atoms with Gasteiger partial charge in [0.15, 0.2) is 0 Å². The highest BCUT2D eigenvalue weighted by Gasteiger charge is 2.34. The number of nitrogens with one attached hydrogen (secondary N) is 1. The number of benzene rings is 2. The summed E-state index contributed by atoms with van der Waals surface area (Å²) in [7, 11) is -3.86. The van der Waals surface area contributed by atoms with Crippen LogP contribution in [0.3, 0.4) is 0 Å². The van der Waals surface area contributed by atoms with Crippen LogP contribution in [0.5, 0.6) is 5.75 Å². The summed E-state index contributed by atoms with van der Waals surface area (Å²) in [5.41, 5.74) is 0.877. The van der Waals surface area contributed by atoms with Gasteiger partial charge in [-0.3, -0.25) is 14.9 Å². The van der Waals surface area contributed by atoms with Crippen LogP contribution in [0.4, 0.5) is 11.4 Å². The summed E-state index contributed by atoms with van der Waals surface area (Å²) < 4.78 is 32.9. The second-order valence-corrected chi connectivity index (χ2v) is 9.82. The molecule has 2 aromatic rings. The zero-order valence-electron chi connectivity index (χ0n) is 17.7. The number of hydrogen-bond acceptors (Lipinski definition) is 6. The third kappa shape index (κ3) is 5.20. The van der Waals surface area contributed by atoms with Gasteiger partial charge in [-0.1, -0.05) is 17.7 Å². The molecule has 1 N–H and O–H groups in total. The molecule has 1 atom stereocenters. The molecule has 9 nitrogen and oxygen atoms in total. The fourth-order valence-corrected chi connectivity index (χ4v) is 5.38. The maximum absolute atomic E-state index is 13.1. The first-order valence-electron chi connectivity index (χ1n) is 10.1. The van der Waals surface area contributed by atoms with Crippen LogP contribution in [0, 0.1) is 23.0 Å². The van der Waals surface area contributed by atoms with E-state index in [0.717, 1.165) is 0 Å². The van der Waals surface area contributed by atoms with E-state index in [1.165, 1.54) is 34.6 Å². The lowest BCUT2D eigenvalue weighted by Gasteiger charge is -2.31. The summed E-state index contributed by atoms with van der Waals surface area (Å²) >= 11 is 6.15. The molecule has 2 aromatic carbocycles. The van der Waals surface area contributed by atoms with E-state index in [1.807, 2.05) is 0 Å². The fourth-order valence-electron chi connectivity index (χ4n) is 3.53. The highest BCUT2D eigenvalue weighted by atomic mass is 35.5. The monoisotopic (exact) mass is 481 g/mol. The van der Waals surface area contributed by atoms with E-state index in [0.29, 0.717) is 36.4 Å². The van der Waals surface area contributed by atoms with Crippen molar-refractivity contribution < 1.29 is 22.9 Å². The number of carbonyl (C=O) groups is 1. The normalized spacial score (nSPS) is 17.0. The summed E-state index contributed by atoms with van der Waals surface area (Å²) in [6, 6.07) is 8.51. The standard InChI is InChI=1S/C21H24ClN3O6S/c1-3-31-20-9-8-17(12-18(20)22)32(29,30)24-10-4-5-15(13-24)21(26)23-19-11-16(25(27)28)7-6-14(19)2/h6-9,11-12,15H,3-5,10,13H2,1-2H3,(H,23,26)/t15-/m1/s1. The first kappa shape index (κ1) is 24.0. The molecule has 11 heteroatoms. The number of aryl methyl sites for hydroxylation is 1. The third-order valence-electron chi connectivity index (χ3n) is 5.29. The summed E-state index contributed by atoms with van der Waals surface area (Å²) in [5.74, 6) is -0.565. The number of anilines is 1. The molecule has 1 saturated heterocycles. The second kappa shape index (κ2) is 9.85. The summed E-state index contributed by atoms with van der Waals surface area (Å²) in [6.07, 6.45) is 1.02. The van der Waals surface area contributed by atoms with Crippen molar-refractivity contribution in [3.63, 3.8) is 0 Å². The van der Waals surface area contributed by atoms with Gasteiger partial charge >= 0.3 is 0 Å². The quantitative estimate of drug-likeness (QED) is 0.471. The van der Waals surface area contributed by atoms with Crippen molar-refractivity contribution in [1.29, 1.82) is 0 Å². The molecule has 32 heavy (non-hydrogen) atoms. The minimum Gasteiger partial charge on any atom is -0.492 e. The van der Waals surface area contributed by atoms with Gasteiger partial charge in [0.1, 0.15) is 5.75 Å². The fraction of sp³-hybridized carbons (Fsp3) is 0.381. The SMILES string of the molecule is CCOc1ccc(S(=O)(=O)N2CCC[C@@H](C(=O)Nc3cc([N+](=O)[O-])ccc3C)C2)cc1Cl. The van der Waals surface area contributed by atoms with Gasteiger partial charge in [0, 0.05) is 25.2 Å². The van der Waals surface area contributed by atoms with Crippen molar-refractivity contribution in [3.8, 4) is 5.75 Å². The van der Waals surface area contributed by atoms with Gasteiger partial charge in [-0.05, 0) is 50.5 Å². The maximum atomic E-state index is 13.1. The van der Waals surface area contributed by atoms with Crippen LogP contribution < -0.4 is 10.1 Å². The Balaban J connectivity index is 1.76. The number of ether oxygens (including phenoxy) is 1. The number of hydrogen-bond donors (Lipinski definition) is 1. The van der Waals surface area contributed by atoms with E-state index < -0.39 is 20.9 Å². The molecule has 0 radical (unpaired) electrons. The van der Waals surface area contributed by atoms with Gasteiger partial charge in [-0.15, -0.1) is 0 Å². The summed E-state index contributed by atoms with van der Waals surface area (Å²) in [6.45, 7) is 4.22. The van der Waals surface area contributed by atoms with E-state index >= 15 is 0 Å². The van der Waals surface area contributed by atoms with Crippen LogP contribution in [0.15, 0.2) is 41.3 Å². The minimum absolute atomic E-state index is 0.00692. The van der Waals surface area contributed by atoms with Crippen LogP contribution in [0.2, 0.25) is 5.02 Å². The number of carbonyl (C=O) groups excluding carboxylic acids is 1. The van der Waals surface area contributed by atoms with E-state index in [2.05, 4.69) is 5.32 Å². The smallest absolute Gasteiger partial charge is 0.271 e. The summed E-state index contributed by atoms with van der Waals surface area (Å²) in [5, 5.41) is 13.9. The average Bonchev–Trinajstić information content (AvgIpc) is 2.76. The largest absolute Gasteiger partial charge is 0.492 e. The number of piperidine rings is 1. The number of non-ortho nitro benzene ring substituents is 1. The number of nitro groups is 1. The van der Waals surface area contributed by atoms with Crippen molar-refractivity contribution in [1.82, 2.24) is 4.31 Å². The van der Waals surface area contributed by atoms with Crippen molar-refractivity contribution in [3.05, 3.63) is 57.1 Å². The molecule has 1 amide bonds. The Morgan fingerprint density at radius 1 is 1.31 bits per heavy atom. The molecule has 1 fully saturated rings. The second-order valence-electron chi connectivity index (χ2n) is 7.47. The minimum atomic E-state index is -3.86. The first-order chi connectivity index (χ1) is 15.1. The molecule has 1 heterocycles. The first-order valence-corrected chi connectivity index (χ1v) is 11.9. The third-order valence-corrected chi connectivity index (χ3v) is 7.44. The Hall–Kier alpha value is -2.69. The van der Waals surface area contributed by atoms with Crippen molar-refractivity contribution in [2.45, 2.75) is 31.6 Å². The average molecular weight is 482 g/mol. The van der Waals surface area contributed by atoms with Crippen LogP contribution in [0.1, 0.15) is 25.3 Å². The summed E-state index contributed by atoms with van der Waals surface area (Å²) in [4.78, 5) is 23.4. The molecular weight excluding hydrogens is 458 g/mol. The molecule has 0 aromatic heterocycles. The Morgan fingerprint density at radius 3 is 2.72 bits per heavy atom. The molecule has 3 rings (SSSR count). The number of rotatable bonds is 7. The number of nitro benzene ring substituents is 1. The van der Waals surface area contributed by atoms with E-state index in [1.54, 1.807) is 19.9 Å². The Labute approximate surface area is 191 Å². The molecule has 0 bridgehead atoms. The highest BCUT2D eigenvalue weighted by molar-refractivity contribution is 7.89. The van der Waals surface area contributed by atoms with Gasteiger partial charge < -0.3 is 10.1 Å². The predicted octanol–water partition coefficient (Wildman–Crippen LogP) is 3.99. The number of halogens is 1. The van der Waals surface area contributed by atoms with Gasteiger partial charge in [0.2, 0.25) is 15.9 Å². The number of amides is 1.